The Morgan fingerprint density at radius 2 is 1.12 bits per heavy atom. The van der Waals surface area contributed by atoms with Gasteiger partial charge in [-0.25, -0.2) is 4.39 Å². The topological polar surface area (TPSA) is 3.24 Å². The first kappa shape index (κ1) is 12.6. The smallest absolute Gasteiger partial charge is 0.207 e. The van der Waals surface area contributed by atoms with Gasteiger partial charge in [0.25, 0.3) is 0 Å². The molecule has 0 amide bonds. The van der Waals surface area contributed by atoms with Crippen LogP contribution in [0.5, 0.6) is 0 Å². The van der Waals surface area contributed by atoms with Crippen molar-refractivity contribution < 1.29 is 30.7 Å². The quantitative estimate of drug-likeness (QED) is 0.540. The third-order valence-electron chi connectivity index (χ3n) is 1.59. The molecule has 16 heavy (non-hydrogen) atoms. The second-order valence-electron chi connectivity index (χ2n) is 2.75. The van der Waals surface area contributed by atoms with Crippen LogP contribution in [0.4, 0.5) is 36.4 Å². The summed E-state index contributed by atoms with van der Waals surface area (Å²) in [5, 5.41) is 0. The predicted molar refractivity (Wildman–Crippen MR) is 41.0 cm³/mol. The lowest BCUT2D eigenvalue weighted by molar-refractivity contribution is -0.226. The average Bonchev–Trinajstić information content (AvgIpc) is 2.03. The van der Waals surface area contributed by atoms with Crippen LogP contribution in [0.3, 0.4) is 0 Å². The largest absolute Gasteiger partial charge is 0.491 e. The molecule has 0 aliphatic rings. The van der Waals surface area contributed by atoms with Crippen molar-refractivity contribution in [2.75, 3.05) is 4.90 Å². The predicted octanol–water partition coefficient (Wildman–Crippen LogP) is 3.67. The van der Waals surface area contributed by atoms with Gasteiger partial charge in [-0.2, -0.15) is 4.90 Å². The molecule has 8 heteroatoms. The summed E-state index contributed by atoms with van der Waals surface area (Å²) < 4.78 is 85.0. The van der Waals surface area contributed by atoms with Crippen molar-refractivity contribution in [2.24, 2.45) is 0 Å². The van der Waals surface area contributed by atoms with Gasteiger partial charge in [0.2, 0.25) is 0 Å². The van der Waals surface area contributed by atoms with Gasteiger partial charge < -0.3 is 0 Å². The van der Waals surface area contributed by atoms with Crippen LogP contribution in [0.25, 0.3) is 0 Å². The average molecular weight is 247 g/mol. The Kier molecular flexibility index (Phi) is 3.02. The monoisotopic (exact) mass is 247 g/mol. The highest BCUT2D eigenvalue weighted by Gasteiger charge is 2.53. The van der Waals surface area contributed by atoms with Crippen LogP contribution in [0, 0.1) is 5.82 Å². The van der Waals surface area contributed by atoms with Crippen LogP contribution in [0.2, 0.25) is 0 Å². The van der Waals surface area contributed by atoms with Crippen LogP contribution in [-0.2, 0) is 0 Å². The highest BCUT2D eigenvalue weighted by atomic mass is 19.4. The maximum absolute atomic E-state index is 12.4. The zero-order chi connectivity index (χ0) is 12.6. The molecule has 0 aliphatic heterocycles. The summed E-state index contributed by atoms with van der Waals surface area (Å²) in [5.41, 5.74) is -1.19. The second-order valence-corrected chi connectivity index (χ2v) is 2.75. The molecule has 0 aliphatic carbocycles. The van der Waals surface area contributed by atoms with Crippen molar-refractivity contribution in [2.45, 2.75) is 12.6 Å². The summed E-state index contributed by atoms with van der Waals surface area (Å²) in [7, 11) is 0. The zero-order valence-corrected chi connectivity index (χ0v) is 7.40. The maximum Gasteiger partial charge on any atom is 0.491 e. The molecular weight excluding hydrogens is 243 g/mol. The number of benzene rings is 1. The lowest BCUT2D eigenvalue weighted by Crippen LogP contribution is -2.48. The molecule has 0 aromatic heterocycles. The summed E-state index contributed by atoms with van der Waals surface area (Å²) >= 11 is 0. The van der Waals surface area contributed by atoms with E-state index in [2.05, 4.69) is 0 Å². The van der Waals surface area contributed by atoms with Crippen molar-refractivity contribution in [3.63, 3.8) is 0 Å². The first-order valence-corrected chi connectivity index (χ1v) is 3.82. The van der Waals surface area contributed by atoms with E-state index < -0.39 is 29.0 Å². The fourth-order valence-electron chi connectivity index (χ4n) is 1.03. The highest BCUT2D eigenvalue weighted by molar-refractivity contribution is 5.47. The summed E-state index contributed by atoms with van der Waals surface area (Å²) in [6, 6.07) is 1.83. The standard InChI is InChI=1S/C8H4F7N/c9-5-1-3-6(4-2-5)16(7(10,11)12)8(13,14)15/h1-4H. The molecule has 0 spiro atoms. The fourth-order valence-corrected chi connectivity index (χ4v) is 1.03. The van der Waals surface area contributed by atoms with E-state index in [1.807, 2.05) is 0 Å². The van der Waals surface area contributed by atoms with Crippen LogP contribution in [0.1, 0.15) is 0 Å². The summed E-state index contributed by atoms with van der Waals surface area (Å²) in [6.45, 7) is 0. The highest BCUT2D eigenvalue weighted by Crippen LogP contribution is 2.38. The van der Waals surface area contributed by atoms with Crippen LogP contribution < -0.4 is 4.90 Å². The van der Waals surface area contributed by atoms with Gasteiger partial charge in [-0.1, -0.05) is 0 Å². The number of hydrogen-bond donors (Lipinski definition) is 0. The van der Waals surface area contributed by atoms with E-state index in [-0.39, 0.29) is 0 Å². The summed E-state index contributed by atoms with van der Waals surface area (Å²) in [6.07, 6.45) is -11.2. The first-order chi connectivity index (χ1) is 7.12. The Balaban J connectivity index is 3.18. The molecule has 0 radical (unpaired) electrons. The third kappa shape index (κ3) is 2.77. The molecule has 90 valence electrons. The van der Waals surface area contributed by atoms with Gasteiger partial charge in [0.15, 0.2) is 0 Å². The zero-order valence-electron chi connectivity index (χ0n) is 7.40. The minimum atomic E-state index is -5.62. The molecule has 0 saturated carbocycles. The van der Waals surface area contributed by atoms with E-state index in [0.29, 0.717) is 24.3 Å². The van der Waals surface area contributed by atoms with Crippen molar-refractivity contribution in [1.29, 1.82) is 0 Å². The molecular formula is C8H4F7N. The Bertz CT molecular complexity index is 336. The number of nitrogens with zero attached hydrogens (tertiary/aromatic N) is 1. The molecule has 1 rings (SSSR count). The van der Waals surface area contributed by atoms with E-state index in [4.69, 9.17) is 0 Å². The van der Waals surface area contributed by atoms with Crippen LogP contribution >= 0.6 is 0 Å². The van der Waals surface area contributed by atoms with Crippen molar-refractivity contribution in [1.82, 2.24) is 0 Å². The molecule has 0 heterocycles. The molecule has 0 bridgehead atoms. The minimum absolute atomic E-state index is 0.399. The molecule has 0 saturated heterocycles. The van der Waals surface area contributed by atoms with E-state index in [1.54, 1.807) is 0 Å². The Labute approximate surface area is 85.1 Å². The Morgan fingerprint density at radius 1 is 0.750 bits per heavy atom. The molecule has 1 nitrogen and oxygen atoms in total. The van der Waals surface area contributed by atoms with Gasteiger partial charge in [-0.15, -0.1) is 26.3 Å². The van der Waals surface area contributed by atoms with E-state index in [0.717, 1.165) is 0 Å². The van der Waals surface area contributed by atoms with E-state index in [9.17, 15) is 30.7 Å². The van der Waals surface area contributed by atoms with Gasteiger partial charge in [0.1, 0.15) is 5.82 Å². The lowest BCUT2D eigenvalue weighted by Gasteiger charge is -2.28. The Hall–Kier alpha value is -1.47. The first-order valence-electron chi connectivity index (χ1n) is 3.82. The van der Waals surface area contributed by atoms with Crippen molar-refractivity contribution in [3.8, 4) is 0 Å². The van der Waals surface area contributed by atoms with Gasteiger partial charge >= 0.3 is 12.6 Å². The van der Waals surface area contributed by atoms with Crippen LogP contribution in [0.15, 0.2) is 24.3 Å². The SMILES string of the molecule is Fc1ccc(N(C(F)(F)F)C(F)(F)F)cc1. The number of anilines is 1. The third-order valence-corrected chi connectivity index (χ3v) is 1.59. The molecule has 1 aromatic rings. The maximum atomic E-state index is 12.4. The normalized spacial score (nSPS) is 12.7. The molecule has 0 fully saturated rings. The minimum Gasteiger partial charge on any atom is -0.207 e. The number of alkyl halides is 6. The lowest BCUT2D eigenvalue weighted by atomic mass is 10.3. The number of hydrogen-bond acceptors (Lipinski definition) is 1. The van der Waals surface area contributed by atoms with Gasteiger partial charge in [-0.3, -0.25) is 0 Å². The van der Waals surface area contributed by atoms with E-state index >= 15 is 0 Å². The molecule has 1 aromatic carbocycles. The van der Waals surface area contributed by atoms with Crippen molar-refractivity contribution in [3.05, 3.63) is 30.1 Å². The fraction of sp³-hybridized carbons (Fsp3) is 0.250. The Morgan fingerprint density at radius 3 is 1.44 bits per heavy atom. The molecule has 0 unspecified atom stereocenters. The summed E-state index contributed by atoms with van der Waals surface area (Å²) in [4.78, 5) is -1.69. The van der Waals surface area contributed by atoms with Gasteiger partial charge in [0, 0.05) is 0 Å². The van der Waals surface area contributed by atoms with Crippen LogP contribution in [-0.4, -0.2) is 12.6 Å². The number of halogens is 7. The molecule has 0 atom stereocenters. The summed E-state index contributed by atoms with van der Waals surface area (Å²) in [5.74, 6) is -0.923. The molecule has 0 N–H and O–H groups in total. The van der Waals surface area contributed by atoms with Gasteiger partial charge in [-0.05, 0) is 24.3 Å². The van der Waals surface area contributed by atoms with Gasteiger partial charge in [0.05, 0.1) is 5.69 Å². The van der Waals surface area contributed by atoms with Crippen molar-refractivity contribution >= 4 is 5.69 Å². The number of rotatable bonds is 1. The van der Waals surface area contributed by atoms with E-state index in [1.165, 1.54) is 0 Å². The second kappa shape index (κ2) is 3.84.